The van der Waals surface area contributed by atoms with E-state index in [1.54, 1.807) is 36.8 Å². The zero-order chi connectivity index (χ0) is 28.4. The Morgan fingerprint density at radius 3 is 1.62 bits per heavy atom. The first kappa shape index (κ1) is 34.0. The molecule has 37 heavy (non-hydrogen) atoms. The van der Waals surface area contributed by atoms with Gasteiger partial charge in [0.15, 0.2) is 0 Å². The molecule has 8 N–H and O–H groups in total. The first-order valence-corrected chi connectivity index (χ1v) is 13.3. The molecule has 0 rings (SSSR count). The van der Waals surface area contributed by atoms with Crippen molar-refractivity contribution in [2.45, 2.75) is 63.7 Å². The molecule has 0 bridgehead atoms. The third kappa shape index (κ3) is 15.6. The van der Waals surface area contributed by atoms with Crippen LogP contribution in [0.25, 0.3) is 0 Å². The number of hydrogen-bond donors (Lipinski definition) is 7. The Hall–Kier alpha value is -3.04. The van der Waals surface area contributed by atoms with E-state index in [0.29, 0.717) is 0 Å². The first-order valence-electron chi connectivity index (χ1n) is 11.2. The summed E-state index contributed by atoms with van der Waals surface area (Å²) in [5.41, 5.74) is 5.38. The van der Waals surface area contributed by atoms with Crippen LogP contribution in [0.2, 0.25) is 0 Å². The van der Waals surface area contributed by atoms with Crippen molar-refractivity contribution >= 4 is 59.2 Å². The molecule has 0 aliphatic rings. The highest BCUT2D eigenvalue weighted by Crippen LogP contribution is 2.09. The molecular weight excluding hydrogens is 528 g/mol. The molecule has 0 spiro atoms. The molecule has 0 aromatic rings. The molecule has 4 unspecified atom stereocenters. The van der Waals surface area contributed by atoms with Gasteiger partial charge in [-0.1, -0.05) is 12.2 Å². The van der Waals surface area contributed by atoms with E-state index in [9.17, 15) is 39.0 Å². The van der Waals surface area contributed by atoms with Crippen LogP contribution in [0.1, 0.15) is 39.5 Å². The number of rotatable bonds is 19. The fraction of sp³-hybridized carbons (Fsp3) is 0.545. The largest absolute Gasteiger partial charge is 0.480 e. The molecular formula is C22H34N4O9S2. The number of carboxylic acids is 3. The van der Waals surface area contributed by atoms with Gasteiger partial charge >= 0.3 is 17.9 Å². The fourth-order valence-electron chi connectivity index (χ4n) is 2.60. The predicted octanol–water partition coefficient (Wildman–Crippen LogP) is 0.116. The molecule has 208 valence electrons. The highest BCUT2D eigenvalue weighted by Gasteiger charge is 2.28. The maximum absolute atomic E-state index is 12.8. The smallest absolute Gasteiger partial charge is 0.327 e. The van der Waals surface area contributed by atoms with Crippen LogP contribution in [0.5, 0.6) is 0 Å². The minimum atomic E-state index is -1.48. The summed E-state index contributed by atoms with van der Waals surface area (Å²) in [7, 11) is 0. The Balaban J connectivity index is 5.13. The van der Waals surface area contributed by atoms with Crippen LogP contribution in [0, 0.1) is 0 Å². The molecule has 3 amide bonds. The summed E-state index contributed by atoms with van der Waals surface area (Å²) in [6.45, 7) is 3.50. The lowest BCUT2D eigenvalue weighted by Crippen LogP contribution is -2.53. The molecule has 0 fully saturated rings. The van der Waals surface area contributed by atoms with Crippen LogP contribution in [0.4, 0.5) is 0 Å². The van der Waals surface area contributed by atoms with E-state index >= 15 is 0 Å². The third-order valence-electron chi connectivity index (χ3n) is 4.55. The van der Waals surface area contributed by atoms with E-state index in [4.69, 9.17) is 10.8 Å². The average molecular weight is 563 g/mol. The van der Waals surface area contributed by atoms with Gasteiger partial charge in [0.05, 0.1) is 0 Å². The van der Waals surface area contributed by atoms with Crippen molar-refractivity contribution in [2.75, 3.05) is 11.5 Å². The van der Waals surface area contributed by atoms with E-state index in [-0.39, 0.29) is 37.2 Å². The number of aliphatic carboxylic acids is 3. The second-order valence-corrected chi connectivity index (χ2v) is 9.48. The monoisotopic (exact) mass is 562 g/mol. The summed E-state index contributed by atoms with van der Waals surface area (Å²) in [6, 6.07) is -5.06. The Morgan fingerprint density at radius 1 is 0.703 bits per heavy atom. The molecule has 15 heteroatoms. The fourth-order valence-corrected chi connectivity index (χ4v) is 4.05. The second-order valence-electron chi connectivity index (χ2n) is 7.61. The topological polar surface area (TPSA) is 225 Å². The van der Waals surface area contributed by atoms with Crippen molar-refractivity contribution in [1.29, 1.82) is 0 Å². The van der Waals surface area contributed by atoms with Crippen LogP contribution in [0.3, 0.4) is 0 Å². The summed E-state index contributed by atoms with van der Waals surface area (Å²) in [6.07, 6.45) is 2.31. The normalized spacial score (nSPS) is 14.5. The molecule has 0 aliphatic carbocycles. The van der Waals surface area contributed by atoms with E-state index in [1.807, 2.05) is 0 Å². The molecule has 4 atom stereocenters. The van der Waals surface area contributed by atoms with Crippen LogP contribution in [0.15, 0.2) is 23.0 Å². The molecule has 0 saturated heterocycles. The van der Waals surface area contributed by atoms with Crippen molar-refractivity contribution in [3.05, 3.63) is 23.0 Å². The Labute approximate surface area is 223 Å². The lowest BCUT2D eigenvalue weighted by atomic mass is 10.1. The van der Waals surface area contributed by atoms with E-state index in [0.717, 1.165) is 0 Å². The number of hydrogen-bond acceptors (Lipinski definition) is 9. The highest BCUT2D eigenvalue weighted by molar-refractivity contribution is 8.02. The van der Waals surface area contributed by atoms with Gasteiger partial charge in [-0.25, -0.2) is 9.59 Å². The van der Waals surface area contributed by atoms with Gasteiger partial charge in [0.2, 0.25) is 17.7 Å². The summed E-state index contributed by atoms with van der Waals surface area (Å²) >= 11 is 2.37. The van der Waals surface area contributed by atoms with E-state index < -0.39 is 59.8 Å². The lowest BCUT2D eigenvalue weighted by molar-refractivity contribution is -0.143. The van der Waals surface area contributed by atoms with Crippen LogP contribution < -0.4 is 21.7 Å². The summed E-state index contributed by atoms with van der Waals surface area (Å²) in [4.78, 5) is 71.0. The van der Waals surface area contributed by atoms with Gasteiger partial charge in [0, 0.05) is 24.3 Å². The van der Waals surface area contributed by atoms with Crippen molar-refractivity contribution in [3.63, 3.8) is 0 Å². The molecule has 0 radical (unpaired) electrons. The predicted molar refractivity (Wildman–Crippen MR) is 140 cm³/mol. The number of carbonyl (C=O) groups excluding carboxylic acids is 3. The van der Waals surface area contributed by atoms with Crippen LogP contribution >= 0.6 is 23.5 Å². The number of carbonyl (C=O) groups is 6. The van der Waals surface area contributed by atoms with Crippen molar-refractivity contribution in [1.82, 2.24) is 16.0 Å². The number of nitrogens with one attached hydrogen (secondary N) is 3. The summed E-state index contributed by atoms with van der Waals surface area (Å²) in [5.74, 6) is -5.95. The summed E-state index contributed by atoms with van der Waals surface area (Å²) < 4.78 is 0. The summed E-state index contributed by atoms with van der Waals surface area (Å²) in [5, 5.41) is 37.9. The highest BCUT2D eigenvalue weighted by atomic mass is 32.2. The van der Waals surface area contributed by atoms with Crippen LogP contribution in [-0.2, 0) is 28.8 Å². The zero-order valence-electron chi connectivity index (χ0n) is 20.5. The van der Waals surface area contributed by atoms with Crippen molar-refractivity contribution in [3.8, 4) is 0 Å². The number of carboxylic acid groups (broad SMARTS) is 3. The van der Waals surface area contributed by atoms with Gasteiger partial charge in [0.25, 0.3) is 0 Å². The second kappa shape index (κ2) is 19.1. The molecule has 13 nitrogen and oxygen atoms in total. The zero-order valence-corrected chi connectivity index (χ0v) is 22.2. The van der Waals surface area contributed by atoms with Gasteiger partial charge in [0.1, 0.15) is 24.2 Å². The first-order chi connectivity index (χ1) is 17.4. The quantitative estimate of drug-likeness (QED) is 0.111. The van der Waals surface area contributed by atoms with Gasteiger partial charge < -0.3 is 37.0 Å². The average Bonchev–Trinajstić information content (AvgIpc) is 2.83. The minimum absolute atomic E-state index is 0.0594. The van der Waals surface area contributed by atoms with Gasteiger partial charge in [-0.3, -0.25) is 19.2 Å². The van der Waals surface area contributed by atoms with Crippen LogP contribution in [-0.4, -0.2) is 86.6 Å². The van der Waals surface area contributed by atoms with Crippen molar-refractivity contribution in [2.24, 2.45) is 5.73 Å². The lowest BCUT2D eigenvalue weighted by Gasteiger charge is -2.21. The molecule has 0 aromatic carbocycles. The number of thioether (sulfide) groups is 2. The molecule has 0 aliphatic heterocycles. The standard InChI is InChI=1S/C22H34N4O9S2/c1-3-9-36-11-15(24-17(27)7-5-13(23)20(30)31)19(29)26-14(21(32)33)6-8-18(28)25-16(22(34)35)12-37-10-4-2/h3-4,9-10,13-16H,5-8,11-12,23H2,1-2H3,(H,24,27)(H,25,28)(H,26,29)(H,30,31)(H,32,33)(H,34,35)/b9-3+,10-4+. The number of allylic oxidation sites excluding steroid dienone is 2. The van der Waals surface area contributed by atoms with Crippen molar-refractivity contribution < 1.29 is 44.1 Å². The molecule has 0 aromatic heterocycles. The van der Waals surface area contributed by atoms with E-state index in [2.05, 4.69) is 16.0 Å². The molecule has 0 heterocycles. The third-order valence-corrected chi connectivity index (χ3v) is 6.53. The Kier molecular flexibility index (Phi) is 17.6. The van der Waals surface area contributed by atoms with Gasteiger partial charge in [-0.15, -0.1) is 23.5 Å². The Morgan fingerprint density at radius 2 is 1.16 bits per heavy atom. The van der Waals surface area contributed by atoms with E-state index in [1.165, 1.54) is 23.5 Å². The van der Waals surface area contributed by atoms with Gasteiger partial charge in [-0.05, 0) is 37.5 Å². The SMILES string of the molecule is C/C=C/SCC(NC(=O)CCC(NC(=O)C(CS/C=C/C)NC(=O)CCC(N)C(=O)O)C(=O)O)C(=O)O. The van der Waals surface area contributed by atoms with Gasteiger partial charge in [-0.2, -0.15) is 0 Å². The number of nitrogens with two attached hydrogens (primary N) is 1. The minimum Gasteiger partial charge on any atom is -0.480 e. The Bertz CT molecular complexity index is 867. The maximum Gasteiger partial charge on any atom is 0.327 e. The maximum atomic E-state index is 12.8. The number of amides is 3. The molecule has 0 saturated carbocycles.